The summed E-state index contributed by atoms with van der Waals surface area (Å²) >= 11 is 0. The van der Waals surface area contributed by atoms with Crippen molar-refractivity contribution in [2.75, 3.05) is 19.6 Å². The SMILES string of the molecule is CCCCN(CC1CCCN1)C(=O)C1CCC(F)(F)CC1. The minimum absolute atomic E-state index is 0.104. The van der Waals surface area contributed by atoms with Gasteiger partial charge in [-0.1, -0.05) is 13.3 Å². The molecule has 1 heterocycles. The number of hydrogen-bond acceptors (Lipinski definition) is 2. The number of nitrogens with zero attached hydrogens (tertiary/aromatic N) is 1. The summed E-state index contributed by atoms with van der Waals surface area (Å²) in [6.45, 7) is 4.64. The molecule has 5 heteroatoms. The molecule has 1 aliphatic heterocycles. The fourth-order valence-corrected chi connectivity index (χ4v) is 3.36. The molecule has 0 spiro atoms. The molecule has 1 amide bonds. The Hall–Kier alpha value is -0.710. The van der Waals surface area contributed by atoms with E-state index >= 15 is 0 Å². The predicted octanol–water partition coefficient (Wildman–Crippen LogP) is 3.19. The number of hydrogen-bond donors (Lipinski definition) is 1. The van der Waals surface area contributed by atoms with Crippen LogP contribution in [0.15, 0.2) is 0 Å². The van der Waals surface area contributed by atoms with Gasteiger partial charge >= 0.3 is 0 Å². The average Bonchev–Trinajstić information content (AvgIpc) is 2.95. The Balaban J connectivity index is 1.90. The third-order valence-electron chi connectivity index (χ3n) is 4.76. The second kappa shape index (κ2) is 7.52. The van der Waals surface area contributed by atoms with Crippen LogP contribution in [0.25, 0.3) is 0 Å². The Kier molecular flexibility index (Phi) is 5.97. The lowest BCUT2D eigenvalue weighted by Crippen LogP contribution is -2.45. The summed E-state index contributed by atoms with van der Waals surface area (Å²) < 4.78 is 26.5. The lowest BCUT2D eigenvalue weighted by Gasteiger charge is -2.33. The van der Waals surface area contributed by atoms with Crippen LogP contribution in [0.3, 0.4) is 0 Å². The number of unbranched alkanes of at least 4 members (excludes halogenated alkanes) is 1. The van der Waals surface area contributed by atoms with Crippen molar-refractivity contribution in [1.29, 1.82) is 0 Å². The first-order chi connectivity index (χ1) is 10.0. The quantitative estimate of drug-likeness (QED) is 0.817. The Bertz CT molecular complexity index is 333. The molecule has 122 valence electrons. The minimum Gasteiger partial charge on any atom is -0.341 e. The smallest absolute Gasteiger partial charge is 0.248 e. The van der Waals surface area contributed by atoms with Crippen LogP contribution in [0.5, 0.6) is 0 Å². The van der Waals surface area contributed by atoms with Crippen LogP contribution in [0.4, 0.5) is 8.78 Å². The van der Waals surface area contributed by atoms with E-state index in [0.29, 0.717) is 18.9 Å². The van der Waals surface area contributed by atoms with Crippen LogP contribution >= 0.6 is 0 Å². The molecular formula is C16H28F2N2O. The minimum atomic E-state index is -2.56. The third-order valence-corrected chi connectivity index (χ3v) is 4.76. The maximum absolute atomic E-state index is 13.2. The fourth-order valence-electron chi connectivity index (χ4n) is 3.36. The van der Waals surface area contributed by atoms with E-state index in [4.69, 9.17) is 0 Å². The highest BCUT2D eigenvalue weighted by molar-refractivity contribution is 5.79. The van der Waals surface area contributed by atoms with Crippen molar-refractivity contribution in [2.24, 2.45) is 5.92 Å². The van der Waals surface area contributed by atoms with Crippen LogP contribution < -0.4 is 5.32 Å². The summed E-state index contributed by atoms with van der Waals surface area (Å²) in [6.07, 6.45) is 4.72. The van der Waals surface area contributed by atoms with Crippen LogP contribution in [-0.4, -0.2) is 42.4 Å². The average molecular weight is 302 g/mol. The summed E-state index contributed by atoms with van der Waals surface area (Å²) in [4.78, 5) is 14.6. The van der Waals surface area contributed by atoms with Gasteiger partial charge in [0.15, 0.2) is 0 Å². The summed E-state index contributed by atoms with van der Waals surface area (Å²) in [5.41, 5.74) is 0. The highest BCUT2D eigenvalue weighted by atomic mass is 19.3. The Labute approximate surface area is 126 Å². The van der Waals surface area contributed by atoms with E-state index in [9.17, 15) is 13.6 Å². The molecule has 2 fully saturated rings. The molecule has 2 aliphatic rings. The molecule has 1 saturated carbocycles. The Morgan fingerprint density at radius 1 is 1.29 bits per heavy atom. The predicted molar refractivity (Wildman–Crippen MR) is 79.4 cm³/mol. The van der Waals surface area contributed by atoms with Gasteiger partial charge in [0.05, 0.1) is 0 Å². The van der Waals surface area contributed by atoms with Gasteiger partial charge < -0.3 is 10.2 Å². The molecular weight excluding hydrogens is 274 g/mol. The normalized spacial score (nSPS) is 26.0. The summed E-state index contributed by atoms with van der Waals surface area (Å²) in [5.74, 6) is -2.64. The number of carbonyl (C=O) groups excluding carboxylic acids is 1. The third kappa shape index (κ3) is 4.90. The molecule has 0 aromatic heterocycles. The standard InChI is InChI=1S/C16H28F2N2O/c1-2-3-11-20(12-14-5-4-10-19-14)15(21)13-6-8-16(17,18)9-7-13/h13-14,19H,2-12H2,1H3. The van der Waals surface area contributed by atoms with Gasteiger partial charge in [0.2, 0.25) is 11.8 Å². The highest BCUT2D eigenvalue weighted by Gasteiger charge is 2.38. The second-order valence-corrected chi connectivity index (χ2v) is 6.56. The van der Waals surface area contributed by atoms with Crippen molar-refractivity contribution >= 4 is 5.91 Å². The van der Waals surface area contributed by atoms with Gasteiger partial charge in [0.1, 0.15) is 0 Å². The lowest BCUT2D eigenvalue weighted by molar-refractivity contribution is -0.140. The largest absolute Gasteiger partial charge is 0.341 e. The number of carbonyl (C=O) groups is 1. The van der Waals surface area contributed by atoms with E-state index in [1.165, 1.54) is 0 Å². The van der Waals surface area contributed by atoms with Gasteiger partial charge in [0, 0.05) is 37.9 Å². The first-order valence-electron chi connectivity index (χ1n) is 8.42. The van der Waals surface area contributed by atoms with Crippen molar-refractivity contribution in [3.05, 3.63) is 0 Å². The number of rotatable bonds is 6. The molecule has 1 saturated heterocycles. The van der Waals surface area contributed by atoms with E-state index < -0.39 is 5.92 Å². The topological polar surface area (TPSA) is 32.3 Å². The van der Waals surface area contributed by atoms with Crippen LogP contribution in [-0.2, 0) is 4.79 Å². The fraction of sp³-hybridized carbons (Fsp3) is 0.938. The van der Waals surface area contributed by atoms with Crippen molar-refractivity contribution in [3.63, 3.8) is 0 Å². The number of amides is 1. The van der Waals surface area contributed by atoms with Crippen LogP contribution in [0.2, 0.25) is 0 Å². The van der Waals surface area contributed by atoms with Gasteiger partial charge in [-0.05, 0) is 38.6 Å². The van der Waals surface area contributed by atoms with Crippen LogP contribution in [0, 0.1) is 5.92 Å². The first-order valence-corrected chi connectivity index (χ1v) is 8.42. The molecule has 0 aromatic rings. The lowest BCUT2D eigenvalue weighted by atomic mass is 9.85. The van der Waals surface area contributed by atoms with Gasteiger partial charge in [-0.25, -0.2) is 8.78 Å². The Morgan fingerprint density at radius 2 is 2.00 bits per heavy atom. The van der Waals surface area contributed by atoms with Crippen molar-refractivity contribution in [1.82, 2.24) is 10.2 Å². The molecule has 3 nitrogen and oxygen atoms in total. The molecule has 1 unspecified atom stereocenters. The summed E-state index contributed by atoms with van der Waals surface area (Å²) in [6, 6.07) is 0.385. The van der Waals surface area contributed by atoms with E-state index in [1.54, 1.807) is 0 Å². The number of alkyl halides is 2. The summed E-state index contributed by atoms with van der Waals surface area (Å²) in [5, 5.41) is 3.42. The monoisotopic (exact) mass is 302 g/mol. The highest BCUT2D eigenvalue weighted by Crippen LogP contribution is 2.36. The van der Waals surface area contributed by atoms with Crippen LogP contribution in [0.1, 0.15) is 58.3 Å². The molecule has 0 radical (unpaired) electrons. The maximum Gasteiger partial charge on any atom is 0.248 e. The zero-order valence-corrected chi connectivity index (χ0v) is 13.0. The molecule has 2 rings (SSSR count). The van der Waals surface area contributed by atoms with E-state index in [0.717, 1.165) is 45.3 Å². The number of nitrogens with one attached hydrogen (secondary N) is 1. The molecule has 1 atom stereocenters. The molecule has 1 N–H and O–H groups in total. The van der Waals surface area contributed by atoms with Gasteiger partial charge in [-0.3, -0.25) is 4.79 Å². The first kappa shape index (κ1) is 16.7. The maximum atomic E-state index is 13.2. The summed E-state index contributed by atoms with van der Waals surface area (Å²) in [7, 11) is 0. The van der Waals surface area contributed by atoms with E-state index in [-0.39, 0.29) is 24.7 Å². The zero-order valence-electron chi connectivity index (χ0n) is 13.0. The molecule has 0 bridgehead atoms. The van der Waals surface area contributed by atoms with Crippen molar-refractivity contribution < 1.29 is 13.6 Å². The van der Waals surface area contributed by atoms with Gasteiger partial charge in [-0.2, -0.15) is 0 Å². The van der Waals surface area contributed by atoms with Crippen molar-refractivity contribution in [3.8, 4) is 0 Å². The van der Waals surface area contributed by atoms with Gasteiger partial charge in [0.25, 0.3) is 0 Å². The van der Waals surface area contributed by atoms with Crippen molar-refractivity contribution in [2.45, 2.75) is 70.3 Å². The molecule has 1 aliphatic carbocycles. The Morgan fingerprint density at radius 3 is 2.57 bits per heavy atom. The van der Waals surface area contributed by atoms with Gasteiger partial charge in [-0.15, -0.1) is 0 Å². The zero-order chi connectivity index (χ0) is 15.3. The molecule has 21 heavy (non-hydrogen) atoms. The van der Waals surface area contributed by atoms with E-state index in [1.807, 2.05) is 4.90 Å². The second-order valence-electron chi connectivity index (χ2n) is 6.56. The molecule has 0 aromatic carbocycles. The van der Waals surface area contributed by atoms with E-state index in [2.05, 4.69) is 12.2 Å². The number of halogens is 2.